The Kier molecular flexibility index (Phi) is 5.21. The SMILES string of the molecule is O=C(O)C(c1cccc2ccccc12)C1CCN(Cc2ccccc2)CC1. The molecule has 3 nitrogen and oxygen atoms in total. The molecule has 1 unspecified atom stereocenters. The van der Waals surface area contributed by atoms with E-state index in [1.807, 2.05) is 36.4 Å². The van der Waals surface area contributed by atoms with E-state index < -0.39 is 11.9 Å². The van der Waals surface area contributed by atoms with Crippen LogP contribution in [0.25, 0.3) is 10.8 Å². The largest absolute Gasteiger partial charge is 0.481 e. The molecular formula is C24H25NO2. The van der Waals surface area contributed by atoms with E-state index in [-0.39, 0.29) is 5.92 Å². The molecule has 3 heteroatoms. The van der Waals surface area contributed by atoms with Crippen LogP contribution in [0, 0.1) is 5.92 Å². The third-order valence-electron chi connectivity index (χ3n) is 5.78. The minimum atomic E-state index is -0.701. The van der Waals surface area contributed by atoms with Gasteiger partial charge in [0.15, 0.2) is 0 Å². The standard InChI is InChI=1S/C24H25NO2/c26-24(27)23(22-12-6-10-19-9-4-5-11-21(19)22)20-13-15-25(16-14-20)17-18-7-2-1-3-8-18/h1-12,20,23H,13-17H2,(H,26,27). The minimum Gasteiger partial charge on any atom is -0.481 e. The number of hydrogen-bond donors (Lipinski definition) is 1. The number of nitrogens with zero attached hydrogens (tertiary/aromatic N) is 1. The number of rotatable bonds is 5. The Labute approximate surface area is 160 Å². The summed E-state index contributed by atoms with van der Waals surface area (Å²) in [7, 11) is 0. The topological polar surface area (TPSA) is 40.5 Å². The molecule has 1 aliphatic rings. The lowest BCUT2D eigenvalue weighted by Crippen LogP contribution is -2.37. The highest BCUT2D eigenvalue weighted by molar-refractivity contribution is 5.90. The monoisotopic (exact) mass is 359 g/mol. The zero-order valence-corrected chi connectivity index (χ0v) is 15.4. The van der Waals surface area contributed by atoms with Gasteiger partial charge in [0.05, 0.1) is 5.92 Å². The summed E-state index contributed by atoms with van der Waals surface area (Å²) in [6.07, 6.45) is 1.85. The maximum atomic E-state index is 12.2. The van der Waals surface area contributed by atoms with Gasteiger partial charge in [-0.2, -0.15) is 0 Å². The Bertz CT molecular complexity index is 909. The van der Waals surface area contributed by atoms with Crippen molar-refractivity contribution < 1.29 is 9.90 Å². The van der Waals surface area contributed by atoms with Crippen molar-refractivity contribution in [1.29, 1.82) is 0 Å². The predicted octanol–water partition coefficient (Wildman–Crippen LogP) is 4.92. The third-order valence-corrected chi connectivity index (χ3v) is 5.78. The lowest BCUT2D eigenvalue weighted by Gasteiger charge is -2.35. The van der Waals surface area contributed by atoms with Crippen molar-refractivity contribution in [2.24, 2.45) is 5.92 Å². The highest BCUT2D eigenvalue weighted by Gasteiger charge is 2.33. The molecule has 1 aliphatic heterocycles. The second-order valence-electron chi connectivity index (χ2n) is 7.48. The maximum Gasteiger partial charge on any atom is 0.311 e. The van der Waals surface area contributed by atoms with Gasteiger partial charge in [-0.15, -0.1) is 0 Å². The van der Waals surface area contributed by atoms with Gasteiger partial charge >= 0.3 is 5.97 Å². The fraction of sp³-hybridized carbons (Fsp3) is 0.292. The molecule has 1 fully saturated rings. The molecule has 0 aromatic heterocycles. The predicted molar refractivity (Wildman–Crippen MR) is 109 cm³/mol. The molecule has 0 spiro atoms. The highest BCUT2D eigenvalue weighted by atomic mass is 16.4. The smallest absolute Gasteiger partial charge is 0.311 e. The number of likely N-dealkylation sites (tertiary alicyclic amines) is 1. The average Bonchev–Trinajstić information content (AvgIpc) is 2.70. The quantitative estimate of drug-likeness (QED) is 0.703. The molecule has 1 saturated heterocycles. The van der Waals surface area contributed by atoms with Crippen LogP contribution in [0.5, 0.6) is 0 Å². The van der Waals surface area contributed by atoms with Crippen LogP contribution in [0.4, 0.5) is 0 Å². The summed E-state index contributed by atoms with van der Waals surface area (Å²) in [5.74, 6) is -0.955. The molecule has 0 amide bonds. The number of benzene rings is 3. The van der Waals surface area contributed by atoms with Crippen LogP contribution in [0.3, 0.4) is 0 Å². The van der Waals surface area contributed by atoms with Gasteiger partial charge in [0.1, 0.15) is 0 Å². The summed E-state index contributed by atoms with van der Waals surface area (Å²) in [6.45, 7) is 2.85. The van der Waals surface area contributed by atoms with Crippen molar-refractivity contribution in [3.8, 4) is 0 Å². The van der Waals surface area contributed by atoms with Crippen LogP contribution in [-0.4, -0.2) is 29.1 Å². The Morgan fingerprint density at radius 1 is 0.926 bits per heavy atom. The first-order valence-corrected chi connectivity index (χ1v) is 9.69. The van der Waals surface area contributed by atoms with Gasteiger partial charge < -0.3 is 5.11 Å². The number of piperidine rings is 1. The molecule has 3 aromatic carbocycles. The molecule has 1 heterocycles. The number of hydrogen-bond acceptors (Lipinski definition) is 2. The van der Waals surface area contributed by atoms with Crippen LogP contribution in [-0.2, 0) is 11.3 Å². The number of aliphatic carboxylic acids is 1. The van der Waals surface area contributed by atoms with Crippen LogP contribution in [0.15, 0.2) is 72.8 Å². The normalized spacial score (nSPS) is 17.0. The number of carboxylic acid groups (broad SMARTS) is 1. The summed E-state index contributed by atoms with van der Waals surface area (Å²) in [4.78, 5) is 14.6. The van der Waals surface area contributed by atoms with Crippen molar-refractivity contribution in [1.82, 2.24) is 4.90 Å². The Hall–Kier alpha value is -2.65. The van der Waals surface area contributed by atoms with Gasteiger partial charge in [0.25, 0.3) is 0 Å². The second kappa shape index (κ2) is 7.93. The van der Waals surface area contributed by atoms with Crippen LogP contribution >= 0.6 is 0 Å². The van der Waals surface area contributed by atoms with Gasteiger partial charge in [-0.05, 0) is 53.7 Å². The van der Waals surface area contributed by atoms with Crippen molar-refractivity contribution in [3.05, 3.63) is 83.9 Å². The van der Waals surface area contributed by atoms with Crippen molar-refractivity contribution in [2.45, 2.75) is 25.3 Å². The lowest BCUT2D eigenvalue weighted by molar-refractivity contribution is -0.140. The minimum absolute atomic E-state index is 0.181. The van der Waals surface area contributed by atoms with Gasteiger partial charge in [0, 0.05) is 6.54 Å². The Morgan fingerprint density at radius 3 is 2.33 bits per heavy atom. The maximum absolute atomic E-state index is 12.2. The van der Waals surface area contributed by atoms with Crippen molar-refractivity contribution in [2.75, 3.05) is 13.1 Å². The van der Waals surface area contributed by atoms with E-state index in [0.717, 1.165) is 48.8 Å². The third kappa shape index (κ3) is 3.88. The van der Waals surface area contributed by atoms with Gasteiger partial charge in [-0.25, -0.2) is 0 Å². The highest BCUT2D eigenvalue weighted by Crippen LogP contribution is 2.36. The summed E-state index contributed by atoms with van der Waals surface area (Å²) in [6, 6.07) is 24.6. The lowest BCUT2D eigenvalue weighted by atomic mass is 9.78. The van der Waals surface area contributed by atoms with E-state index in [1.54, 1.807) is 0 Å². The molecule has 0 aliphatic carbocycles. The van der Waals surface area contributed by atoms with E-state index >= 15 is 0 Å². The zero-order chi connectivity index (χ0) is 18.6. The van der Waals surface area contributed by atoms with E-state index in [0.29, 0.717) is 0 Å². The fourth-order valence-electron chi connectivity index (χ4n) is 4.40. The first-order chi connectivity index (χ1) is 13.2. The van der Waals surface area contributed by atoms with Gasteiger partial charge in [0.2, 0.25) is 0 Å². The Balaban J connectivity index is 1.52. The summed E-state index contributed by atoms with van der Waals surface area (Å²) < 4.78 is 0. The van der Waals surface area contributed by atoms with Crippen LogP contribution < -0.4 is 0 Å². The first-order valence-electron chi connectivity index (χ1n) is 9.69. The van der Waals surface area contributed by atoms with Crippen LogP contribution in [0.1, 0.15) is 29.9 Å². The summed E-state index contributed by atoms with van der Waals surface area (Å²) >= 11 is 0. The van der Waals surface area contributed by atoms with Gasteiger partial charge in [-0.3, -0.25) is 9.69 Å². The molecule has 1 N–H and O–H groups in total. The molecule has 4 rings (SSSR count). The molecule has 1 atom stereocenters. The molecule has 27 heavy (non-hydrogen) atoms. The summed E-state index contributed by atoms with van der Waals surface area (Å²) in [5.41, 5.74) is 2.28. The van der Waals surface area contributed by atoms with Crippen LogP contribution in [0.2, 0.25) is 0 Å². The first kappa shape index (κ1) is 17.7. The molecule has 0 radical (unpaired) electrons. The molecule has 138 valence electrons. The zero-order valence-electron chi connectivity index (χ0n) is 15.4. The molecular weight excluding hydrogens is 334 g/mol. The molecule has 0 saturated carbocycles. The number of carboxylic acids is 1. The van der Waals surface area contributed by atoms with Gasteiger partial charge in [-0.1, -0.05) is 72.8 Å². The summed E-state index contributed by atoms with van der Waals surface area (Å²) in [5, 5.41) is 12.2. The molecule has 0 bridgehead atoms. The number of carbonyl (C=O) groups is 1. The van der Waals surface area contributed by atoms with E-state index in [9.17, 15) is 9.90 Å². The fourth-order valence-corrected chi connectivity index (χ4v) is 4.40. The van der Waals surface area contributed by atoms with Crippen molar-refractivity contribution in [3.63, 3.8) is 0 Å². The average molecular weight is 359 g/mol. The van der Waals surface area contributed by atoms with E-state index in [4.69, 9.17) is 0 Å². The Morgan fingerprint density at radius 2 is 1.59 bits per heavy atom. The van der Waals surface area contributed by atoms with E-state index in [1.165, 1.54) is 5.56 Å². The van der Waals surface area contributed by atoms with E-state index in [2.05, 4.69) is 41.3 Å². The van der Waals surface area contributed by atoms with Crippen molar-refractivity contribution >= 4 is 16.7 Å². The number of fused-ring (bicyclic) bond motifs is 1. The second-order valence-corrected chi connectivity index (χ2v) is 7.48. The molecule has 3 aromatic rings.